The Morgan fingerprint density at radius 3 is 2.28 bits per heavy atom. The van der Waals surface area contributed by atoms with E-state index >= 15 is 0 Å². The third-order valence-electron chi connectivity index (χ3n) is 5.25. The van der Waals surface area contributed by atoms with E-state index in [0.717, 1.165) is 56.9 Å². The maximum absolute atomic E-state index is 12.6. The van der Waals surface area contributed by atoms with Crippen molar-refractivity contribution in [1.29, 1.82) is 0 Å². The maximum Gasteiger partial charge on any atom is 0.253 e. The van der Waals surface area contributed by atoms with Gasteiger partial charge in [-0.15, -0.1) is 0 Å². The van der Waals surface area contributed by atoms with E-state index in [0.29, 0.717) is 18.1 Å². The van der Waals surface area contributed by atoms with E-state index in [-0.39, 0.29) is 5.91 Å². The molecule has 1 aromatic carbocycles. The van der Waals surface area contributed by atoms with Crippen molar-refractivity contribution in [2.75, 3.05) is 39.8 Å². The Balaban J connectivity index is 1.48. The highest BCUT2D eigenvalue weighted by atomic mass is 16.5. The van der Waals surface area contributed by atoms with Crippen LogP contribution in [0.25, 0.3) is 0 Å². The van der Waals surface area contributed by atoms with E-state index in [1.165, 1.54) is 0 Å². The number of ether oxygens (including phenoxy) is 2. The first-order valence-electron chi connectivity index (χ1n) is 9.36. The van der Waals surface area contributed by atoms with Crippen molar-refractivity contribution in [3.8, 4) is 5.75 Å². The molecule has 138 valence electrons. The van der Waals surface area contributed by atoms with Crippen LogP contribution >= 0.6 is 0 Å². The van der Waals surface area contributed by atoms with Gasteiger partial charge in [-0.2, -0.15) is 0 Å². The summed E-state index contributed by atoms with van der Waals surface area (Å²) in [7, 11) is 1.64. The first-order chi connectivity index (χ1) is 12.0. The first-order valence-corrected chi connectivity index (χ1v) is 9.36. The van der Waals surface area contributed by atoms with Gasteiger partial charge in [0.1, 0.15) is 5.75 Å². The second-order valence-electron chi connectivity index (χ2n) is 7.44. The second kappa shape index (κ2) is 8.19. The number of hydrogen-bond donors (Lipinski definition) is 0. The summed E-state index contributed by atoms with van der Waals surface area (Å²) in [4.78, 5) is 17.2. The van der Waals surface area contributed by atoms with Crippen LogP contribution in [-0.4, -0.2) is 67.7 Å². The zero-order valence-corrected chi connectivity index (χ0v) is 15.6. The van der Waals surface area contributed by atoms with Crippen LogP contribution in [0.1, 0.15) is 37.0 Å². The van der Waals surface area contributed by atoms with E-state index in [1.54, 1.807) is 7.11 Å². The van der Waals surface area contributed by atoms with Crippen molar-refractivity contribution in [3.63, 3.8) is 0 Å². The molecule has 2 atom stereocenters. The van der Waals surface area contributed by atoms with Gasteiger partial charge in [0.15, 0.2) is 0 Å². The molecular formula is C20H30N2O3. The fourth-order valence-corrected chi connectivity index (χ4v) is 4.03. The molecule has 1 aromatic rings. The number of methoxy groups -OCH3 is 1. The highest BCUT2D eigenvalue weighted by Crippen LogP contribution is 2.22. The van der Waals surface area contributed by atoms with Crippen molar-refractivity contribution in [1.82, 2.24) is 9.80 Å². The molecule has 2 fully saturated rings. The minimum atomic E-state index is 0.134. The highest BCUT2D eigenvalue weighted by Gasteiger charge is 2.28. The van der Waals surface area contributed by atoms with Crippen LogP contribution in [0, 0.1) is 5.92 Å². The second-order valence-corrected chi connectivity index (χ2v) is 7.44. The number of likely N-dealkylation sites (tertiary alicyclic amines) is 1. The number of hydrogen-bond acceptors (Lipinski definition) is 4. The van der Waals surface area contributed by atoms with Gasteiger partial charge in [0, 0.05) is 38.3 Å². The number of piperidine rings is 1. The summed E-state index contributed by atoms with van der Waals surface area (Å²) in [5.41, 5.74) is 0.745. The van der Waals surface area contributed by atoms with Crippen molar-refractivity contribution >= 4 is 5.91 Å². The number of rotatable bonds is 4. The van der Waals surface area contributed by atoms with Crippen molar-refractivity contribution in [2.24, 2.45) is 5.92 Å². The summed E-state index contributed by atoms with van der Waals surface area (Å²) in [5, 5.41) is 0. The molecule has 0 unspecified atom stereocenters. The molecule has 0 N–H and O–H groups in total. The number of benzene rings is 1. The molecule has 2 aliphatic rings. The zero-order chi connectivity index (χ0) is 17.8. The fraction of sp³-hybridized carbons (Fsp3) is 0.650. The average Bonchev–Trinajstić information content (AvgIpc) is 2.61. The van der Waals surface area contributed by atoms with Crippen LogP contribution in [0.3, 0.4) is 0 Å². The van der Waals surface area contributed by atoms with Gasteiger partial charge < -0.3 is 14.4 Å². The van der Waals surface area contributed by atoms with E-state index in [2.05, 4.69) is 18.7 Å². The summed E-state index contributed by atoms with van der Waals surface area (Å²) >= 11 is 0. The molecule has 1 amide bonds. The predicted octanol–water partition coefficient (Wildman–Crippen LogP) is 2.66. The molecule has 3 rings (SSSR count). The van der Waals surface area contributed by atoms with E-state index in [1.807, 2.05) is 29.2 Å². The molecule has 0 aliphatic carbocycles. The topological polar surface area (TPSA) is 42.0 Å². The number of carbonyl (C=O) groups is 1. The molecular weight excluding hydrogens is 316 g/mol. The quantitative estimate of drug-likeness (QED) is 0.841. The van der Waals surface area contributed by atoms with Gasteiger partial charge in [0.25, 0.3) is 5.91 Å². The molecule has 0 radical (unpaired) electrons. The smallest absolute Gasteiger partial charge is 0.253 e. The molecule has 5 nitrogen and oxygen atoms in total. The number of carbonyl (C=O) groups excluding carboxylic acids is 1. The lowest BCUT2D eigenvalue weighted by Gasteiger charge is -2.39. The van der Waals surface area contributed by atoms with Crippen molar-refractivity contribution < 1.29 is 14.3 Å². The lowest BCUT2D eigenvalue weighted by molar-refractivity contribution is -0.0728. The molecule has 0 saturated carbocycles. The van der Waals surface area contributed by atoms with E-state index < -0.39 is 0 Å². The van der Waals surface area contributed by atoms with Gasteiger partial charge in [-0.1, -0.05) is 0 Å². The summed E-state index contributed by atoms with van der Waals surface area (Å²) in [5.74, 6) is 1.59. The number of amides is 1. The normalized spacial score (nSPS) is 25.8. The number of morpholine rings is 1. The molecule has 2 saturated heterocycles. The minimum Gasteiger partial charge on any atom is -0.497 e. The Hall–Kier alpha value is -1.59. The van der Waals surface area contributed by atoms with Crippen LogP contribution in [0.2, 0.25) is 0 Å². The third kappa shape index (κ3) is 4.73. The molecule has 0 aromatic heterocycles. The van der Waals surface area contributed by atoms with Crippen molar-refractivity contribution in [3.05, 3.63) is 29.8 Å². The largest absolute Gasteiger partial charge is 0.497 e. The van der Waals surface area contributed by atoms with E-state index in [4.69, 9.17) is 9.47 Å². The Kier molecular flexibility index (Phi) is 5.97. The molecule has 2 heterocycles. The zero-order valence-electron chi connectivity index (χ0n) is 15.6. The van der Waals surface area contributed by atoms with Gasteiger partial charge in [0.2, 0.25) is 0 Å². The highest BCUT2D eigenvalue weighted by molar-refractivity contribution is 5.94. The fourth-order valence-electron chi connectivity index (χ4n) is 4.03. The SMILES string of the molecule is COc1ccc(C(=O)N2CCC(CN3C[C@H](C)O[C@@H](C)C3)CC2)cc1. The summed E-state index contributed by atoms with van der Waals surface area (Å²) in [6.45, 7) is 9.18. The van der Waals surface area contributed by atoms with Crippen LogP contribution < -0.4 is 4.74 Å². The predicted molar refractivity (Wildman–Crippen MR) is 98.1 cm³/mol. The van der Waals surface area contributed by atoms with Crippen LogP contribution in [0.4, 0.5) is 0 Å². The molecule has 2 aliphatic heterocycles. The minimum absolute atomic E-state index is 0.134. The Labute approximate surface area is 150 Å². The summed E-state index contributed by atoms with van der Waals surface area (Å²) in [6, 6.07) is 7.40. The Morgan fingerprint density at radius 2 is 1.72 bits per heavy atom. The van der Waals surface area contributed by atoms with Gasteiger partial charge in [-0.25, -0.2) is 0 Å². The average molecular weight is 346 g/mol. The van der Waals surface area contributed by atoms with Crippen LogP contribution in [0.15, 0.2) is 24.3 Å². The van der Waals surface area contributed by atoms with Crippen LogP contribution in [0.5, 0.6) is 5.75 Å². The molecule has 0 bridgehead atoms. The molecule has 25 heavy (non-hydrogen) atoms. The number of nitrogens with zero attached hydrogens (tertiary/aromatic N) is 2. The summed E-state index contributed by atoms with van der Waals surface area (Å²) < 4.78 is 11.0. The van der Waals surface area contributed by atoms with Crippen molar-refractivity contribution in [2.45, 2.75) is 38.9 Å². The Morgan fingerprint density at radius 1 is 1.12 bits per heavy atom. The van der Waals surface area contributed by atoms with Gasteiger partial charge >= 0.3 is 0 Å². The van der Waals surface area contributed by atoms with E-state index in [9.17, 15) is 4.79 Å². The van der Waals surface area contributed by atoms with Gasteiger partial charge in [0.05, 0.1) is 19.3 Å². The molecule has 5 heteroatoms. The van der Waals surface area contributed by atoms with Crippen LogP contribution in [-0.2, 0) is 4.74 Å². The Bertz CT molecular complexity index is 557. The maximum atomic E-state index is 12.6. The van der Waals surface area contributed by atoms with Gasteiger partial charge in [-0.05, 0) is 56.9 Å². The standard InChI is InChI=1S/C20H30N2O3/c1-15-12-21(13-16(2)25-15)14-17-8-10-22(11-9-17)20(23)18-4-6-19(24-3)7-5-18/h4-7,15-17H,8-14H2,1-3H3/t15-,16-/m0/s1. The monoisotopic (exact) mass is 346 g/mol. The molecule has 0 spiro atoms. The lowest BCUT2D eigenvalue weighted by Crippen LogP contribution is -2.48. The lowest BCUT2D eigenvalue weighted by atomic mass is 9.95. The summed E-state index contributed by atoms with van der Waals surface area (Å²) in [6.07, 6.45) is 2.81. The van der Waals surface area contributed by atoms with Gasteiger partial charge in [-0.3, -0.25) is 9.69 Å². The third-order valence-corrected chi connectivity index (χ3v) is 5.25. The first kappa shape index (κ1) is 18.2.